The van der Waals surface area contributed by atoms with Gasteiger partial charge in [-0.3, -0.25) is 14.9 Å². The van der Waals surface area contributed by atoms with Gasteiger partial charge >= 0.3 is 0 Å². The Hall–Kier alpha value is -2.23. The Bertz CT molecular complexity index is 541. The first-order valence-electron chi connectivity index (χ1n) is 4.77. The zero-order valence-electron chi connectivity index (χ0n) is 8.64. The molecule has 0 saturated carbocycles. The van der Waals surface area contributed by atoms with Crippen LogP contribution in [0.2, 0.25) is 0 Å². The van der Waals surface area contributed by atoms with Gasteiger partial charge < -0.3 is 0 Å². The molecule has 0 saturated heterocycles. The number of nitrogens with zero attached hydrogens (tertiary/aromatic N) is 1. The Morgan fingerprint density at radius 3 is 2.44 bits per heavy atom. The van der Waals surface area contributed by atoms with Gasteiger partial charge in [0, 0.05) is 17.7 Å². The van der Waals surface area contributed by atoms with E-state index in [0.717, 1.165) is 5.39 Å². The summed E-state index contributed by atoms with van der Waals surface area (Å²) in [5.74, 6) is -0.0478. The van der Waals surface area contributed by atoms with Gasteiger partial charge in [-0.25, -0.2) is 0 Å². The molecule has 0 aliphatic rings. The third kappa shape index (κ3) is 1.77. The van der Waals surface area contributed by atoms with Crippen molar-refractivity contribution < 1.29 is 9.72 Å². The number of nitro groups is 1. The molecule has 0 aliphatic heterocycles. The Morgan fingerprint density at radius 1 is 1.12 bits per heavy atom. The highest BCUT2D eigenvalue weighted by Gasteiger charge is 2.07. The summed E-state index contributed by atoms with van der Waals surface area (Å²) in [6.45, 7) is 1.47. The normalized spacial score (nSPS) is 10.3. The first kappa shape index (κ1) is 10.3. The minimum atomic E-state index is -0.445. The molecule has 4 nitrogen and oxygen atoms in total. The number of hydrogen-bond acceptors (Lipinski definition) is 3. The number of ketones is 1. The van der Waals surface area contributed by atoms with Gasteiger partial charge in [-0.15, -0.1) is 0 Å². The first-order valence-corrected chi connectivity index (χ1v) is 4.77. The molecule has 0 amide bonds. The topological polar surface area (TPSA) is 60.2 Å². The molecule has 0 radical (unpaired) electrons. The number of carbonyl (C=O) groups excluding carboxylic acids is 1. The van der Waals surface area contributed by atoms with Crippen LogP contribution < -0.4 is 0 Å². The smallest absolute Gasteiger partial charge is 0.270 e. The van der Waals surface area contributed by atoms with Gasteiger partial charge in [0.1, 0.15) is 0 Å². The third-order valence-electron chi connectivity index (χ3n) is 2.44. The van der Waals surface area contributed by atoms with Gasteiger partial charge in [-0.05, 0) is 29.8 Å². The van der Waals surface area contributed by atoms with Crippen molar-refractivity contribution in [3.05, 3.63) is 52.1 Å². The summed E-state index contributed by atoms with van der Waals surface area (Å²) in [4.78, 5) is 21.3. The number of non-ortho nitro benzene ring substituents is 1. The van der Waals surface area contributed by atoms with E-state index in [0.29, 0.717) is 10.9 Å². The zero-order chi connectivity index (χ0) is 11.7. The fourth-order valence-corrected chi connectivity index (χ4v) is 1.57. The molecular formula is C12H9NO3. The lowest BCUT2D eigenvalue weighted by molar-refractivity contribution is -0.384. The lowest BCUT2D eigenvalue weighted by Gasteiger charge is -2.00. The van der Waals surface area contributed by atoms with Crippen LogP contribution in [0.5, 0.6) is 0 Å². The van der Waals surface area contributed by atoms with Crippen molar-refractivity contribution >= 4 is 22.2 Å². The van der Waals surface area contributed by atoms with Crippen molar-refractivity contribution in [2.45, 2.75) is 6.92 Å². The number of rotatable bonds is 2. The molecule has 4 heteroatoms. The number of benzene rings is 2. The molecule has 0 unspecified atom stereocenters. The number of carbonyl (C=O) groups is 1. The van der Waals surface area contributed by atoms with Gasteiger partial charge in [0.05, 0.1) is 4.92 Å². The van der Waals surface area contributed by atoms with E-state index < -0.39 is 4.92 Å². The Morgan fingerprint density at radius 2 is 1.81 bits per heavy atom. The molecule has 16 heavy (non-hydrogen) atoms. The predicted octanol–water partition coefficient (Wildman–Crippen LogP) is 2.95. The molecule has 2 aromatic rings. The van der Waals surface area contributed by atoms with Crippen molar-refractivity contribution in [2.75, 3.05) is 0 Å². The average molecular weight is 215 g/mol. The Balaban J connectivity index is 2.65. The fraction of sp³-hybridized carbons (Fsp3) is 0.0833. The third-order valence-corrected chi connectivity index (χ3v) is 2.44. The van der Waals surface area contributed by atoms with E-state index in [1.165, 1.54) is 19.1 Å². The Labute approximate surface area is 91.7 Å². The summed E-state index contributed by atoms with van der Waals surface area (Å²) in [5.41, 5.74) is 0.598. The summed E-state index contributed by atoms with van der Waals surface area (Å²) >= 11 is 0. The standard InChI is InChI=1S/C12H9NO3/c1-8(14)10-3-2-9-4-5-12(13(15)16)7-11(9)6-10/h2-7H,1H3. The van der Waals surface area contributed by atoms with E-state index in [2.05, 4.69) is 0 Å². The number of nitro benzene ring substituents is 1. The van der Waals surface area contributed by atoms with Crippen molar-refractivity contribution in [1.29, 1.82) is 0 Å². The number of fused-ring (bicyclic) bond motifs is 1. The first-order chi connectivity index (χ1) is 7.58. The molecule has 0 heterocycles. The summed E-state index contributed by atoms with van der Waals surface area (Å²) < 4.78 is 0. The molecule has 0 fully saturated rings. The molecule has 0 spiro atoms. The van der Waals surface area contributed by atoms with Crippen LogP contribution in [0.4, 0.5) is 5.69 Å². The van der Waals surface area contributed by atoms with Gasteiger partial charge in [0.25, 0.3) is 5.69 Å². The number of hydrogen-bond donors (Lipinski definition) is 0. The van der Waals surface area contributed by atoms with Crippen LogP contribution in [0.3, 0.4) is 0 Å². The highest BCUT2D eigenvalue weighted by Crippen LogP contribution is 2.22. The summed E-state index contributed by atoms with van der Waals surface area (Å²) in [5, 5.41) is 12.2. The predicted molar refractivity (Wildman–Crippen MR) is 60.6 cm³/mol. The number of Topliss-reactive ketones (excluding diaryl/α,β-unsaturated/α-hetero) is 1. The zero-order valence-corrected chi connectivity index (χ0v) is 8.64. The van der Waals surface area contributed by atoms with Crippen molar-refractivity contribution in [3.63, 3.8) is 0 Å². The van der Waals surface area contributed by atoms with Crippen molar-refractivity contribution in [2.24, 2.45) is 0 Å². The quantitative estimate of drug-likeness (QED) is 0.439. The maximum Gasteiger partial charge on any atom is 0.270 e. The molecule has 0 aromatic heterocycles. The van der Waals surface area contributed by atoms with E-state index in [4.69, 9.17) is 0 Å². The molecule has 80 valence electrons. The maximum atomic E-state index is 11.2. The molecular weight excluding hydrogens is 206 g/mol. The minimum Gasteiger partial charge on any atom is -0.295 e. The van der Waals surface area contributed by atoms with Crippen LogP contribution in [-0.4, -0.2) is 10.7 Å². The second-order valence-electron chi connectivity index (χ2n) is 3.56. The largest absolute Gasteiger partial charge is 0.295 e. The minimum absolute atomic E-state index is 0.0354. The molecule has 2 rings (SSSR count). The van der Waals surface area contributed by atoms with Gasteiger partial charge in [-0.2, -0.15) is 0 Å². The van der Waals surface area contributed by atoms with E-state index in [1.54, 1.807) is 24.3 Å². The molecule has 0 aliphatic carbocycles. The monoisotopic (exact) mass is 215 g/mol. The van der Waals surface area contributed by atoms with Crippen molar-refractivity contribution in [1.82, 2.24) is 0 Å². The SMILES string of the molecule is CC(=O)c1ccc2ccc([N+](=O)[O-])cc2c1. The van der Waals surface area contributed by atoms with Gasteiger partial charge in [0.15, 0.2) is 5.78 Å². The summed E-state index contributed by atoms with van der Waals surface area (Å²) in [7, 11) is 0. The van der Waals surface area contributed by atoms with Gasteiger partial charge in [0.2, 0.25) is 0 Å². The van der Waals surface area contributed by atoms with E-state index in [-0.39, 0.29) is 11.5 Å². The van der Waals surface area contributed by atoms with Crippen LogP contribution in [0.1, 0.15) is 17.3 Å². The molecule has 2 aromatic carbocycles. The van der Waals surface area contributed by atoms with Crippen LogP contribution in [0.25, 0.3) is 10.8 Å². The molecule has 0 N–H and O–H groups in total. The summed E-state index contributed by atoms with van der Waals surface area (Å²) in [6.07, 6.45) is 0. The van der Waals surface area contributed by atoms with E-state index >= 15 is 0 Å². The highest BCUT2D eigenvalue weighted by molar-refractivity contribution is 5.98. The Kier molecular flexibility index (Phi) is 2.40. The van der Waals surface area contributed by atoms with Crippen molar-refractivity contribution in [3.8, 4) is 0 Å². The maximum absolute atomic E-state index is 11.2. The van der Waals surface area contributed by atoms with Crippen LogP contribution >= 0.6 is 0 Å². The van der Waals surface area contributed by atoms with Crippen LogP contribution in [0.15, 0.2) is 36.4 Å². The van der Waals surface area contributed by atoms with E-state index in [9.17, 15) is 14.9 Å². The second kappa shape index (κ2) is 3.73. The average Bonchev–Trinajstić information content (AvgIpc) is 2.27. The lowest BCUT2D eigenvalue weighted by Crippen LogP contribution is -1.92. The lowest BCUT2D eigenvalue weighted by atomic mass is 10.0. The van der Waals surface area contributed by atoms with Crippen LogP contribution in [0, 0.1) is 10.1 Å². The van der Waals surface area contributed by atoms with Gasteiger partial charge in [-0.1, -0.05) is 12.1 Å². The van der Waals surface area contributed by atoms with E-state index in [1.807, 2.05) is 0 Å². The fourth-order valence-electron chi connectivity index (χ4n) is 1.57. The second-order valence-corrected chi connectivity index (χ2v) is 3.56. The molecule has 0 atom stereocenters. The van der Waals surface area contributed by atoms with Crippen LogP contribution in [-0.2, 0) is 0 Å². The molecule has 0 bridgehead atoms. The summed E-state index contributed by atoms with van der Waals surface area (Å²) in [6, 6.07) is 9.78. The highest BCUT2D eigenvalue weighted by atomic mass is 16.6.